The SMILES string of the molecule is COC(=O)CCSc1nc2sc3c(c2c(=O)n1-c1ccc(OC)cc1)CCCC3. The predicted molar refractivity (Wildman–Crippen MR) is 116 cm³/mol. The molecule has 0 saturated heterocycles. The van der Waals surface area contributed by atoms with E-state index >= 15 is 0 Å². The number of thiophene rings is 1. The number of ether oxygens (including phenoxy) is 2. The summed E-state index contributed by atoms with van der Waals surface area (Å²) in [6.45, 7) is 0. The Bertz CT molecular complexity index is 1100. The normalized spacial score (nSPS) is 13.3. The third kappa shape index (κ3) is 3.91. The Morgan fingerprint density at radius 1 is 1.21 bits per heavy atom. The van der Waals surface area contributed by atoms with Crippen LogP contribution in [-0.4, -0.2) is 35.5 Å². The summed E-state index contributed by atoms with van der Waals surface area (Å²) in [7, 11) is 2.99. The number of aromatic nitrogens is 2. The van der Waals surface area contributed by atoms with E-state index in [0.29, 0.717) is 10.9 Å². The number of rotatable bonds is 6. The van der Waals surface area contributed by atoms with Crippen LogP contribution in [0, 0.1) is 0 Å². The summed E-state index contributed by atoms with van der Waals surface area (Å²) in [6.07, 6.45) is 4.48. The summed E-state index contributed by atoms with van der Waals surface area (Å²) in [5.74, 6) is 0.943. The van der Waals surface area contributed by atoms with Crippen molar-refractivity contribution in [2.24, 2.45) is 0 Å². The lowest BCUT2D eigenvalue weighted by atomic mass is 9.97. The van der Waals surface area contributed by atoms with Gasteiger partial charge in [0.25, 0.3) is 5.56 Å². The van der Waals surface area contributed by atoms with Gasteiger partial charge in [-0.25, -0.2) is 4.98 Å². The van der Waals surface area contributed by atoms with Gasteiger partial charge in [0.1, 0.15) is 10.6 Å². The zero-order chi connectivity index (χ0) is 20.4. The number of methoxy groups -OCH3 is 2. The molecule has 0 unspecified atom stereocenters. The zero-order valence-corrected chi connectivity index (χ0v) is 18.0. The maximum atomic E-state index is 13.6. The van der Waals surface area contributed by atoms with Crippen LogP contribution in [0.5, 0.6) is 5.75 Å². The van der Waals surface area contributed by atoms with Crippen LogP contribution in [0.1, 0.15) is 29.7 Å². The average Bonchev–Trinajstić information content (AvgIpc) is 3.12. The third-order valence-corrected chi connectivity index (χ3v) is 7.18. The highest BCUT2D eigenvalue weighted by Crippen LogP contribution is 2.35. The van der Waals surface area contributed by atoms with Crippen molar-refractivity contribution >= 4 is 39.3 Å². The van der Waals surface area contributed by atoms with Crippen LogP contribution in [0.25, 0.3) is 15.9 Å². The fourth-order valence-corrected chi connectivity index (χ4v) is 5.80. The van der Waals surface area contributed by atoms with Crippen LogP contribution >= 0.6 is 23.1 Å². The van der Waals surface area contributed by atoms with Crippen LogP contribution in [-0.2, 0) is 22.4 Å². The molecule has 2 heterocycles. The molecule has 6 nitrogen and oxygen atoms in total. The smallest absolute Gasteiger partial charge is 0.306 e. The number of benzene rings is 1. The molecule has 0 N–H and O–H groups in total. The molecule has 8 heteroatoms. The number of carbonyl (C=O) groups is 1. The molecule has 152 valence electrons. The number of thioether (sulfide) groups is 1. The maximum Gasteiger partial charge on any atom is 0.306 e. The second-order valence-corrected chi connectivity index (χ2v) is 8.94. The molecular weight excluding hydrogens is 408 g/mol. The van der Waals surface area contributed by atoms with Crippen molar-refractivity contribution in [3.63, 3.8) is 0 Å². The summed E-state index contributed by atoms with van der Waals surface area (Å²) < 4.78 is 11.6. The summed E-state index contributed by atoms with van der Waals surface area (Å²) in [5, 5.41) is 1.34. The molecule has 0 fully saturated rings. The molecule has 0 atom stereocenters. The Kier molecular flexibility index (Phi) is 5.91. The highest BCUT2D eigenvalue weighted by molar-refractivity contribution is 7.99. The van der Waals surface area contributed by atoms with E-state index < -0.39 is 0 Å². The number of fused-ring (bicyclic) bond motifs is 3. The number of esters is 1. The van der Waals surface area contributed by atoms with Crippen LogP contribution in [0.3, 0.4) is 0 Å². The maximum absolute atomic E-state index is 13.6. The summed E-state index contributed by atoms with van der Waals surface area (Å²) in [5.41, 5.74) is 1.86. The monoisotopic (exact) mass is 430 g/mol. The Hall–Kier alpha value is -2.32. The summed E-state index contributed by atoms with van der Waals surface area (Å²) in [6, 6.07) is 7.38. The van der Waals surface area contributed by atoms with Gasteiger partial charge in [0.05, 0.1) is 31.7 Å². The van der Waals surface area contributed by atoms with E-state index in [1.54, 1.807) is 23.0 Å². The van der Waals surface area contributed by atoms with Gasteiger partial charge in [0.15, 0.2) is 5.16 Å². The van der Waals surface area contributed by atoms with Gasteiger partial charge in [-0.05, 0) is 55.5 Å². The van der Waals surface area contributed by atoms with Gasteiger partial charge >= 0.3 is 5.97 Å². The van der Waals surface area contributed by atoms with E-state index in [2.05, 4.69) is 0 Å². The van der Waals surface area contributed by atoms with Gasteiger partial charge in [0.2, 0.25) is 0 Å². The lowest BCUT2D eigenvalue weighted by Gasteiger charge is -2.14. The Balaban J connectivity index is 1.84. The molecule has 1 aliphatic rings. The minimum atomic E-state index is -0.275. The Labute approximate surface area is 176 Å². The van der Waals surface area contributed by atoms with E-state index in [4.69, 9.17) is 14.5 Å². The van der Waals surface area contributed by atoms with Crippen molar-refractivity contribution in [3.8, 4) is 11.4 Å². The second kappa shape index (κ2) is 8.59. The van der Waals surface area contributed by atoms with Crippen molar-refractivity contribution in [1.82, 2.24) is 9.55 Å². The van der Waals surface area contributed by atoms with Gasteiger partial charge in [-0.15, -0.1) is 11.3 Å². The molecule has 3 aromatic rings. The minimum absolute atomic E-state index is 0.0415. The van der Waals surface area contributed by atoms with E-state index in [0.717, 1.165) is 47.3 Å². The molecule has 2 aromatic heterocycles. The minimum Gasteiger partial charge on any atom is -0.497 e. The number of hydrogen-bond donors (Lipinski definition) is 0. The summed E-state index contributed by atoms with van der Waals surface area (Å²) >= 11 is 3.03. The second-order valence-electron chi connectivity index (χ2n) is 6.80. The molecule has 0 radical (unpaired) electrons. The lowest BCUT2D eigenvalue weighted by molar-refractivity contribution is -0.140. The number of aryl methyl sites for hydroxylation is 2. The summed E-state index contributed by atoms with van der Waals surface area (Å²) in [4.78, 5) is 32.0. The first-order valence-electron chi connectivity index (χ1n) is 9.53. The quantitative estimate of drug-likeness (QED) is 0.335. The molecular formula is C21H22N2O4S2. The van der Waals surface area contributed by atoms with E-state index in [1.807, 2.05) is 24.3 Å². The largest absolute Gasteiger partial charge is 0.497 e. The number of nitrogens with zero attached hydrogens (tertiary/aromatic N) is 2. The van der Waals surface area contributed by atoms with Crippen molar-refractivity contribution in [1.29, 1.82) is 0 Å². The molecule has 4 rings (SSSR count). The highest BCUT2D eigenvalue weighted by Gasteiger charge is 2.23. The first-order valence-corrected chi connectivity index (χ1v) is 11.3. The molecule has 0 aliphatic heterocycles. The van der Waals surface area contributed by atoms with Gasteiger partial charge in [-0.2, -0.15) is 0 Å². The van der Waals surface area contributed by atoms with Crippen LogP contribution in [0.4, 0.5) is 0 Å². The first kappa shape index (κ1) is 20.0. The molecule has 0 bridgehead atoms. The third-order valence-electron chi connectivity index (χ3n) is 5.05. The Morgan fingerprint density at radius 3 is 2.69 bits per heavy atom. The zero-order valence-electron chi connectivity index (χ0n) is 16.4. The molecule has 29 heavy (non-hydrogen) atoms. The topological polar surface area (TPSA) is 70.4 Å². The molecule has 0 amide bonds. The van der Waals surface area contributed by atoms with Crippen molar-refractivity contribution in [2.45, 2.75) is 37.3 Å². The van der Waals surface area contributed by atoms with Gasteiger partial charge in [-0.3, -0.25) is 14.2 Å². The molecule has 1 aromatic carbocycles. The lowest BCUT2D eigenvalue weighted by Crippen LogP contribution is -2.22. The van der Waals surface area contributed by atoms with Crippen molar-refractivity contribution in [2.75, 3.05) is 20.0 Å². The predicted octanol–water partition coefficient (Wildman–Crippen LogP) is 3.99. The molecule has 0 saturated carbocycles. The molecule has 0 spiro atoms. The van der Waals surface area contributed by atoms with E-state index in [9.17, 15) is 9.59 Å². The van der Waals surface area contributed by atoms with Crippen LogP contribution in [0.2, 0.25) is 0 Å². The number of hydrogen-bond acceptors (Lipinski definition) is 7. The number of carbonyl (C=O) groups excluding carboxylic acids is 1. The van der Waals surface area contributed by atoms with E-state index in [-0.39, 0.29) is 17.9 Å². The van der Waals surface area contributed by atoms with Crippen LogP contribution < -0.4 is 10.3 Å². The van der Waals surface area contributed by atoms with E-state index in [1.165, 1.54) is 29.3 Å². The fourth-order valence-electron chi connectivity index (χ4n) is 3.57. The van der Waals surface area contributed by atoms with Gasteiger partial charge < -0.3 is 9.47 Å². The highest BCUT2D eigenvalue weighted by atomic mass is 32.2. The van der Waals surface area contributed by atoms with Crippen molar-refractivity contribution in [3.05, 3.63) is 45.1 Å². The molecule has 1 aliphatic carbocycles. The fraction of sp³-hybridized carbons (Fsp3) is 0.381. The van der Waals surface area contributed by atoms with Crippen molar-refractivity contribution < 1.29 is 14.3 Å². The first-order chi connectivity index (χ1) is 14.1. The van der Waals surface area contributed by atoms with Crippen LogP contribution in [0.15, 0.2) is 34.2 Å². The standard InChI is InChI=1S/C21H22N2O4S2/c1-26-14-9-7-13(8-10-14)23-20(25)18-15-5-3-4-6-16(15)29-19(18)22-21(23)28-12-11-17(24)27-2/h7-10H,3-6,11-12H2,1-2H3. The Morgan fingerprint density at radius 2 is 1.97 bits per heavy atom. The van der Waals surface area contributed by atoms with Gasteiger partial charge in [0, 0.05) is 10.6 Å². The average molecular weight is 431 g/mol. The van der Waals surface area contributed by atoms with Gasteiger partial charge in [-0.1, -0.05) is 11.8 Å².